The lowest BCUT2D eigenvalue weighted by atomic mass is 10.0. The molecule has 430 valence electrons. The lowest BCUT2D eigenvalue weighted by molar-refractivity contribution is -0.142. The zero-order valence-electron chi connectivity index (χ0n) is 43.1. The van der Waals surface area contributed by atoms with E-state index < -0.39 is 130 Å². The summed E-state index contributed by atoms with van der Waals surface area (Å²) >= 11 is 0. The van der Waals surface area contributed by atoms with Crippen molar-refractivity contribution < 1.29 is 72.2 Å². The van der Waals surface area contributed by atoms with Crippen LogP contribution in [0.2, 0.25) is 0 Å². The van der Waals surface area contributed by atoms with Crippen molar-refractivity contribution in [3.8, 4) is 0 Å². The van der Waals surface area contributed by atoms with Crippen molar-refractivity contribution in [1.29, 1.82) is 0 Å². The summed E-state index contributed by atoms with van der Waals surface area (Å²) < 4.78 is 25.2. The van der Waals surface area contributed by atoms with Gasteiger partial charge in [0.25, 0.3) is 0 Å². The van der Waals surface area contributed by atoms with Gasteiger partial charge in [0.1, 0.15) is 42.3 Å². The molecule has 2 aromatic heterocycles. The van der Waals surface area contributed by atoms with E-state index in [1.54, 1.807) is 14.0 Å². The van der Waals surface area contributed by atoms with Gasteiger partial charge >= 0.3 is 21.2 Å². The van der Waals surface area contributed by atoms with Gasteiger partial charge in [-0.15, -0.1) is 10.2 Å². The number of carboxylic acids is 1. The fourth-order valence-corrected chi connectivity index (χ4v) is 7.91. The van der Waals surface area contributed by atoms with Crippen molar-refractivity contribution in [1.82, 2.24) is 72.5 Å². The molecule has 32 nitrogen and oxygen atoms in total. The first-order chi connectivity index (χ1) is 35.7. The van der Waals surface area contributed by atoms with Crippen molar-refractivity contribution in [2.24, 2.45) is 17.2 Å². The summed E-state index contributed by atoms with van der Waals surface area (Å²) in [5, 5.41) is 45.7. The van der Waals surface area contributed by atoms with Gasteiger partial charge in [0.15, 0.2) is 0 Å². The summed E-state index contributed by atoms with van der Waals surface area (Å²) in [6.07, 6.45) is 3.22. The molecule has 0 aliphatic heterocycles. The number of carboxylic acid groups (broad SMARTS) is 1. The van der Waals surface area contributed by atoms with E-state index >= 15 is 0 Å². The van der Waals surface area contributed by atoms with Crippen LogP contribution < -0.4 is 59.7 Å². The van der Waals surface area contributed by atoms with Crippen LogP contribution in [-0.4, -0.2) is 189 Å². The number of likely N-dealkylation sites (N-methyl/N-ethyl adjacent to an activating group) is 1. The van der Waals surface area contributed by atoms with Crippen molar-refractivity contribution in [3.63, 3.8) is 0 Å². The third-order valence-corrected chi connectivity index (χ3v) is 13.1. The second kappa shape index (κ2) is 33.4. The molecule has 0 aliphatic carbocycles. The van der Waals surface area contributed by atoms with Crippen LogP contribution in [0.25, 0.3) is 0 Å². The Kier molecular flexibility index (Phi) is 29.1. The van der Waals surface area contributed by atoms with E-state index in [4.69, 9.17) is 17.2 Å². The van der Waals surface area contributed by atoms with E-state index in [1.165, 1.54) is 26.2 Å². The molecule has 0 saturated carbocycles. The van der Waals surface area contributed by atoms with E-state index in [0.29, 0.717) is 45.2 Å². The molecule has 7 amide bonds. The molecule has 0 saturated heterocycles. The fourth-order valence-electron chi connectivity index (χ4n) is 6.98. The largest absolute Gasteiger partial charge is 0.480 e. The minimum atomic E-state index is -4.45. The van der Waals surface area contributed by atoms with Gasteiger partial charge in [-0.2, -0.15) is 0 Å². The molecule has 19 N–H and O–H groups in total. The van der Waals surface area contributed by atoms with Crippen molar-refractivity contribution in [3.05, 3.63) is 23.8 Å². The maximum atomic E-state index is 14.2. The summed E-state index contributed by atoms with van der Waals surface area (Å²) in [6.45, 7) is 4.41. The SMILES string of the molecule is CN[C@@H](C)C(=O)N[C@@H](CCCCN)C(=O)N[C@@H](Cc1cn(CCP(=O)(O)O)nn1)C(=O)N[C@@H](C)C(=O)N[C@@H](CCCCN)C(=O)N[C@@H](Cc1cn(CCP(=O)(O)O)nn1)C(=O)N[C@@H](C)C(=O)N[C@@H](CCCCN)C(=O)O. The molecular formula is C42H77N17O15P2. The number of hydrogen-bond donors (Lipinski definition) is 16. The van der Waals surface area contributed by atoms with Crippen molar-refractivity contribution >= 4 is 62.5 Å². The van der Waals surface area contributed by atoms with E-state index in [0.717, 1.165) is 9.36 Å². The molecule has 76 heavy (non-hydrogen) atoms. The van der Waals surface area contributed by atoms with Gasteiger partial charge in [-0.05, 0) is 105 Å². The molecule has 2 heterocycles. The summed E-state index contributed by atoms with van der Waals surface area (Å²) in [7, 11) is -7.33. The number of amides is 7. The Morgan fingerprint density at radius 3 is 1.14 bits per heavy atom. The average Bonchev–Trinajstić information content (AvgIpc) is 4.01. The number of carbonyl (C=O) groups excluding carboxylic acids is 7. The standard InChI is InChI=1S/C42H77N17O15P2/c1-25(46-4)35(60)49-30(11-5-8-14-43)38(63)52-33(21-28-23-58(56-54-28)17-19-75(69,70)71)40(65)47-26(2)36(61)50-31(12-6-9-15-44)39(64)53-34(22-29-24-59(57-55-29)18-20-76(72,73)74)41(66)48-27(3)37(62)51-32(42(67)68)13-7-10-16-45/h23-27,30-34,46H,5-22,43-45H2,1-4H3,(H,47,65)(H,48,66)(H,49,60)(H,50,61)(H,51,62)(H,52,63)(H,53,64)(H,67,68)(H2,69,70,71)(H2,72,73,74)/t25-,26-,27-,30-,31-,32-,33-,34-/m0/s1. The van der Waals surface area contributed by atoms with Crippen LogP contribution in [-0.2, 0) is 73.4 Å². The quantitative estimate of drug-likeness (QED) is 0.0220. The Labute approximate surface area is 439 Å². The number of unbranched alkanes of at least 4 members (excludes halogenated alkanes) is 3. The van der Waals surface area contributed by atoms with Crippen LogP contribution in [0.3, 0.4) is 0 Å². The molecule has 2 aromatic rings. The minimum absolute atomic E-state index is 0.0515. The Hall–Kier alpha value is -5.82. The molecule has 0 fully saturated rings. The highest BCUT2D eigenvalue weighted by atomic mass is 31.2. The lowest BCUT2D eigenvalue weighted by Crippen LogP contribution is -2.60. The topological polar surface area (TPSA) is 508 Å². The highest BCUT2D eigenvalue weighted by molar-refractivity contribution is 7.52. The lowest BCUT2D eigenvalue weighted by Gasteiger charge is -2.26. The van der Waals surface area contributed by atoms with Gasteiger partial charge in [0.2, 0.25) is 41.4 Å². The summed E-state index contributed by atoms with van der Waals surface area (Å²) in [5.74, 6) is -7.23. The zero-order chi connectivity index (χ0) is 57.2. The number of hydrogen-bond acceptors (Lipinski definition) is 18. The molecule has 8 atom stereocenters. The number of carbonyl (C=O) groups is 8. The van der Waals surface area contributed by atoms with E-state index in [-0.39, 0.29) is 63.1 Å². The first-order valence-electron chi connectivity index (χ1n) is 24.7. The minimum Gasteiger partial charge on any atom is -0.480 e. The predicted octanol–water partition coefficient (Wildman–Crippen LogP) is -5.48. The van der Waals surface area contributed by atoms with E-state index in [1.807, 2.05) is 0 Å². The number of nitrogens with zero attached hydrogens (tertiary/aromatic N) is 6. The third kappa shape index (κ3) is 25.8. The highest BCUT2D eigenvalue weighted by Crippen LogP contribution is 2.34. The van der Waals surface area contributed by atoms with Crippen molar-refractivity contribution in [2.45, 2.75) is 153 Å². The zero-order valence-corrected chi connectivity index (χ0v) is 44.9. The molecule has 0 aromatic carbocycles. The fraction of sp³-hybridized carbons (Fsp3) is 0.714. The molecule has 0 spiro atoms. The number of aryl methyl sites for hydroxylation is 2. The van der Waals surface area contributed by atoms with E-state index in [2.05, 4.69) is 63.2 Å². The summed E-state index contributed by atoms with van der Waals surface area (Å²) in [5.41, 5.74) is 17.0. The van der Waals surface area contributed by atoms with Gasteiger partial charge in [-0.1, -0.05) is 10.4 Å². The molecule has 0 radical (unpaired) electrons. The van der Waals surface area contributed by atoms with Gasteiger partial charge in [-0.25, -0.2) is 4.79 Å². The second-order valence-corrected chi connectivity index (χ2v) is 21.7. The average molecular weight is 1120 g/mol. The second-order valence-electron chi connectivity index (χ2n) is 18.1. The number of nitrogens with one attached hydrogen (secondary N) is 8. The molecular weight excluding hydrogens is 1040 g/mol. The Balaban J connectivity index is 2.45. The number of aromatic nitrogens is 6. The Morgan fingerprint density at radius 2 is 0.816 bits per heavy atom. The highest BCUT2D eigenvalue weighted by Gasteiger charge is 2.34. The van der Waals surface area contributed by atoms with E-state index in [9.17, 15) is 72.2 Å². The van der Waals surface area contributed by atoms with Crippen LogP contribution >= 0.6 is 15.2 Å². The van der Waals surface area contributed by atoms with Crippen LogP contribution in [0, 0.1) is 0 Å². The summed E-state index contributed by atoms with van der Waals surface area (Å²) in [4.78, 5) is 145. The van der Waals surface area contributed by atoms with Crippen LogP contribution in [0.4, 0.5) is 0 Å². The number of nitrogens with two attached hydrogens (primary N) is 3. The smallest absolute Gasteiger partial charge is 0.327 e. The van der Waals surface area contributed by atoms with Gasteiger partial charge in [-0.3, -0.25) is 52.1 Å². The van der Waals surface area contributed by atoms with Crippen LogP contribution in [0.5, 0.6) is 0 Å². The van der Waals surface area contributed by atoms with Crippen molar-refractivity contribution in [2.75, 3.05) is 39.0 Å². The first kappa shape index (κ1) is 66.3. The van der Waals surface area contributed by atoms with Crippen LogP contribution in [0.1, 0.15) is 89.9 Å². The molecule has 0 aliphatic rings. The number of rotatable bonds is 38. The molecule has 2 rings (SSSR count). The third-order valence-electron chi connectivity index (χ3n) is 11.6. The van der Waals surface area contributed by atoms with Crippen LogP contribution in [0.15, 0.2) is 12.4 Å². The monoisotopic (exact) mass is 1120 g/mol. The van der Waals surface area contributed by atoms with Gasteiger partial charge in [0.05, 0.1) is 42.8 Å². The van der Waals surface area contributed by atoms with Gasteiger partial charge < -0.3 is 84.4 Å². The maximum absolute atomic E-state index is 14.2. The predicted molar refractivity (Wildman–Crippen MR) is 271 cm³/mol. The van der Waals surface area contributed by atoms with Gasteiger partial charge in [0, 0.05) is 25.2 Å². The first-order valence-corrected chi connectivity index (χ1v) is 28.3. The Morgan fingerprint density at radius 1 is 0.500 bits per heavy atom. The molecule has 0 unspecified atom stereocenters. The maximum Gasteiger partial charge on any atom is 0.327 e. The molecule has 34 heteroatoms. The Bertz CT molecular complexity index is 2310. The normalized spacial score (nSPS) is 14.9. The summed E-state index contributed by atoms with van der Waals surface area (Å²) in [6, 6.07) is -10.4. The number of aliphatic carboxylic acids is 1. The molecule has 0 bridgehead atoms.